The van der Waals surface area contributed by atoms with E-state index in [4.69, 9.17) is 11.6 Å². The van der Waals surface area contributed by atoms with Gasteiger partial charge < -0.3 is 0 Å². The van der Waals surface area contributed by atoms with Gasteiger partial charge in [0, 0.05) is 4.53 Å². The summed E-state index contributed by atoms with van der Waals surface area (Å²) in [6.07, 6.45) is 0. The van der Waals surface area contributed by atoms with Crippen LogP contribution in [-0.4, -0.2) is 5.97 Å². The highest BCUT2D eigenvalue weighted by molar-refractivity contribution is 6.20. The maximum Gasteiger partial charge on any atom is 0.379 e. The number of halogens is 2. The second-order valence-corrected chi connectivity index (χ2v) is 3.26. The summed E-state index contributed by atoms with van der Waals surface area (Å²) in [5.41, 5.74) is 1.04. The lowest BCUT2D eigenvalue weighted by atomic mass is 10.1. The Morgan fingerprint density at radius 2 is 2.00 bits per heavy atom. The summed E-state index contributed by atoms with van der Waals surface area (Å²) in [6.45, 7) is 1.81. The van der Waals surface area contributed by atoms with Gasteiger partial charge in [0.2, 0.25) is 0 Å². The van der Waals surface area contributed by atoms with E-state index in [-0.39, 0.29) is 10.9 Å². The van der Waals surface area contributed by atoms with Gasteiger partial charge in [0.05, 0.1) is 10.9 Å². The summed E-state index contributed by atoms with van der Waals surface area (Å²) in [5.74, 6) is -0.992. The summed E-state index contributed by atoms with van der Waals surface area (Å²) in [4.78, 5) is 13.7. The van der Waals surface area contributed by atoms with Crippen molar-refractivity contribution >= 4 is 17.6 Å². The Morgan fingerprint density at radius 1 is 1.46 bits per heavy atom. The van der Waals surface area contributed by atoms with Crippen LogP contribution in [-0.2, 0) is 4.94 Å². The molecule has 0 radical (unpaired) electrons. The highest BCUT2D eigenvalue weighted by atomic mass is 35.5. The van der Waals surface area contributed by atoms with Crippen molar-refractivity contribution < 1.29 is 14.3 Å². The molecule has 0 spiro atoms. The zero-order valence-electron chi connectivity index (χ0n) is 6.96. The van der Waals surface area contributed by atoms with Crippen molar-refractivity contribution in [1.82, 2.24) is 0 Å². The molecule has 0 saturated carbocycles. The standard InChI is InChI=1S/C9H8ClFO2/c1-6(10)7-2-4-8(5-3-7)9(12)13-11/h2-6H,1H3. The average Bonchev–Trinajstić information content (AvgIpc) is 2.17. The Balaban J connectivity index is 2.87. The topological polar surface area (TPSA) is 26.3 Å². The van der Waals surface area contributed by atoms with Gasteiger partial charge in [-0.25, -0.2) is 9.74 Å². The van der Waals surface area contributed by atoms with Gasteiger partial charge in [-0.3, -0.25) is 0 Å². The van der Waals surface area contributed by atoms with Crippen molar-refractivity contribution in [3.8, 4) is 0 Å². The second-order valence-electron chi connectivity index (χ2n) is 2.60. The average molecular weight is 203 g/mol. The molecular weight excluding hydrogens is 195 g/mol. The summed E-state index contributed by atoms with van der Waals surface area (Å²) in [7, 11) is 0. The molecule has 0 fully saturated rings. The summed E-state index contributed by atoms with van der Waals surface area (Å²) < 4.78 is 11.5. The van der Waals surface area contributed by atoms with Gasteiger partial charge in [-0.05, 0) is 24.6 Å². The normalized spacial score (nSPS) is 12.2. The Bertz CT molecular complexity index is 295. The van der Waals surface area contributed by atoms with Gasteiger partial charge in [-0.15, -0.1) is 11.6 Å². The minimum absolute atomic E-state index is 0.129. The van der Waals surface area contributed by atoms with Crippen LogP contribution in [0.5, 0.6) is 0 Å². The molecule has 0 aromatic heterocycles. The Hall–Kier alpha value is -1.09. The van der Waals surface area contributed by atoms with Crippen molar-refractivity contribution in [2.24, 2.45) is 0 Å². The maximum atomic E-state index is 11.5. The first-order valence-electron chi connectivity index (χ1n) is 3.72. The molecule has 0 heterocycles. The third-order valence-electron chi connectivity index (χ3n) is 1.68. The molecule has 1 atom stereocenters. The molecule has 0 saturated heterocycles. The van der Waals surface area contributed by atoms with Gasteiger partial charge in [-0.2, -0.15) is 0 Å². The van der Waals surface area contributed by atoms with E-state index in [1.165, 1.54) is 12.1 Å². The number of rotatable bonds is 2. The predicted molar refractivity (Wildman–Crippen MR) is 47.2 cm³/mol. The minimum atomic E-state index is -0.992. The predicted octanol–water partition coefficient (Wildman–Crippen LogP) is 3.03. The number of carbonyl (C=O) groups excluding carboxylic acids is 1. The van der Waals surface area contributed by atoms with Crippen LogP contribution in [0.2, 0.25) is 0 Å². The zero-order valence-corrected chi connectivity index (χ0v) is 7.72. The molecule has 0 aliphatic heterocycles. The third kappa shape index (κ3) is 2.42. The molecule has 0 amide bonds. The van der Waals surface area contributed by atoms with E-state index >= 15 is 0 Å². The number of hydrogen-bond acceptors (Lipinski definition) is 2. The van der Waals surface area contributed by atoms with Gasteiger partial charge >= 0.3 is 5.97 Å². The Labute approximate surface area is 80.2 Å². The lowest BCUT2D eigenvalue weighted by molar-refractivity contribution is -0.0788. The second kappa shape index (κ2) is 4.23. The van der Waals surface area contributed by atoms with E-state index in [0.29, 0.717) is 0 Å². The quantitative estimate of drug-likeness (QED) is 0.689. The van der Waals surface area contributed by atoms with E-state index in [1.807, 2.05) is 6.92 Å². The van der Waals surface area contributed by atoms with Crippen LogP contribution < -0.4 is 0 Å². The zero-order chi connectivity index (χ0) is 9.84. The summed E-state index contributed by atoms with van der Waals surface area (Å²) >= 11 is 5.78. The molecule has 0 N–H and O–H groups in total. The van der Waals surface area contributed by atoms with Crippen molar-refractivity contribution in [3.05, 3.63) is 35.4 Å². The Morgan fingerprint density at radius 3 is 2.38 bits per heavy atom. The smallest absolute Gasteiger partial charge is 0.249 e. The fraction of sp³-hybridized carbons (Fsp3) is 0.222. The van der Waals surface area contributed by atoms with Crippen LogP contribution in [0.15, 0.2) is 24.3 Å². The van der Waals surface area contributed by atoms with Crippen LogP contribution >= 0.6 is 11.6 Å². The first-order valence-corrected chi connectivity index (χ1v) is 4.15. The summed E-state index contributed by atoms with van der Waals surface area (Å²) in [5, 5.41) is -0.129. The van der Waals surface area contributed by atoms with Gasteiger partial charge in [-0.1, -0.05) is 12.1 Å². The monoisotopic (exact) mass is 202 g/mol. The largest absolute Gasteiger partial charge is 0.379 e. The lowest BCUT2D eigenvalue weighted by Crippen LogP contribution is -1.98. The van der Waals surface area contributed by atoms with Gasteiger partial charge in [0.1, 0.15) is 0 Å². The molecule has 1 aromatic carbocycles. The highest BCUT2D eigenvalue weighted by Crippen LogP contribution is 2.19. The van der Waals surface area contributed by atoms with Gasteiger partial charge in [0.15, 0.2) is 0 Å². The van der Waals surface area contributed by atoms with E-state index in [2.05, 4.69) is 4.94 Å². The first-order chi connectivity index (χ1) is 6.15. The van der Waals surface area contributed by atoms with Crippen LogP contribution in [0.4, 0.5) is 4.53 Å². The molecule has 13 heavy (non-hydrogen) atoms. The molecule has 4 heteroatoms. The minimum Gasteiger partial charge on any atom is -0.249 e. The maximum absolute atomic E-state index is 11.5. The van der Waals surface area contributed by atoms with E-state index < -0.39 is 5.97 Å². The molecule has 1 unspecified atom stereocenters. The Kier molecular flexibility index (Phi) is 3.25. The molecule has 0 aliphatic carbocycles. The number of alkyl halides is 1. The van der Waals surface area contributed by atoms with Crippen molar-refractivity contribution in [2.45, 2.75) is 12.3 Å². The van der Waals surface area contributed by atoms with Crippen LogP contribution in [0.25, 0.3) is 0 Å². The third-order valence-corrected chi connectivity index (χ3v) is 1.93. The van der Waals surface area contributed by atoms with Crippen molar-refractivity contribution in [1.29, 1.82) is 0 Å². The fourth-order valence-corrected chi connectivity index (χ4v) is 1.07. The van der Waals surface area contributed by atoms with E-state index in [0.717, 1.165) is 5.56 Å². The molecule has 1 aromatic rings. The fourth-order valence-electron chi connectivity index (χ4n) is 0.929. The van der Waals surface area contributed by atoms with Crippen molar-refractivity contribution in [2.75, 3.05) is 0 Å². The molecule has 0 bridgehead atoms. The molecule has 70 valence electrons. The van der Waals surface area contributed by atoms with Crippen molar-refractivity contribution in [3.63, 3.8) is 0 Å². The van der Waals surface area contributed by atoms with Crippen LogP contribution in [0, 0.1) is 0 Å². The highest BCUT2D eigenvalue weighted by Gasteiger charge is 2.08. The number of benzene rings is 1. The molecule has 2 nitrogen and oxygen atoms in total. The molecule has 0 aliphatic rings. The molecular formula is C9H8ClFO2. The van der Waals surface area contributed by atoms with E-state index in [9.17, 15) is 9.32 Å². The van der Waals surface area contributed by atoms with Gasteiger partial charge in [0.25, 0.3) is 0 Å². The first kappa shape index (κ1) is 9.99. The van der Waals surface area contributed by atoms with E-state index in [1.54, 1.807) is 12.1 Å². The number of carbonyl (C=O) groups is 1. The lowest BCUT2D eigenvalue weighted by Gasteiger charge is -2.02. The SMILES string of the molecule is CC(Cl)c1ccc(C(=O)OF)cc1. The number of hydrogen-bond donors (Lipinski definition) is 0. The van der Waals surface area contributed by atoms with Crippen LogP contribution in [0.3, 0.4) is 0 Å². The molecule has 1 rings (SSSR count). The van der Waals surface area contributed by atoms with Crippen LogP contribution in [0.1, 0.15) is 28.2 Å². The summed E-state index contributed by atoms with van der Waals surface area (Å²) in [6, 6.07) is 6.25.